The molecule has 0 aromatic carbocycles. The molecule has 1 aromatic heterocycles. The summed E-state index contributed by atoms with van der Waals surface area (Å²) in [5.74, 6) is -0.455. The third kappa shape index (κ3) is 1.46. The molecule has 0 aliphatic carbocycles. The maximum absolute atomic E-state index is 11.3. The van der Waals surface area contributed by atoms with E-state index in [4.69, 9.17) is 5.11 Å². The van der Waals surface area contributed by atoms with E-state index in [9.17, 15) is 9.59 Å². The first-order valence-electron chi connectivity index (χ1n) is 4.41. The molecule has 1 aliphatic heterocycles. The molecule has 15 heavy (non-hydrogen) atoms. The number of aldehydes is 1. The van der Waals surface area contributed by atoms with Crippen molar-refractivity contribution >= 4 is 12.3 Å². The minimum Gasteiger partial charge on any atom is -0.433 e. The Labute approximate surface area is 85.6 Å². The van der Waals surface area contributed by atoms with Crippen molar-refractivity contribution in [3.05, 3.63) is 35.9 Å². The molecule has 1 unspecified atom stereocenters. The average Bonchev–Trinajstić information content (AvgIpc) is 2.82. The van der Waals surface area contributed by atoms with E-state index >= 15 is 0 Å². The van der Waals surface area contributed by atoms with Crippen molar-refractivity contribution in [2.24, 2.45) is 0 Å². The molecule has 0 saturated heterocycles. The third-order valence-corrected chi connectivity index (χ3v) is 2.28. The van der Waals surface area contributed by atoms with Crippen molar-refractivity contribution in [3.8, 4) is 0 Å². The topological polar surface area (TPSA) is 68.5 Å². The van der Waals surface area contributed by atoms with Crippen LogP contribution >= 0.6 is 0 Å². The summed E-state index contributed by atoms with van der Waals surface area (Å²) in [6, 6.07) is 2.50. The summed E-state index contributed by atoms with van der Waals surface area (Å²) in [5.41, 5.74) is 0.846. The fourth-order valence-electron chi connectivity index (χ4n) is 1.59. The van der Waals surface area contributed by atoms with E-state index in [1.807, 2.05) is 0 Å². The summed E-state index contributed by atoms with van der Waals surface area (Å²) in [5, 5.41) is 9.06. The number of hydrogen-bond donors (Lipinski definition) is 1. The van der Waals surface area contributed by atoms with Crippen molar-refractivity contribution in [2.75, 3.05) is 0 Å². The summed E-state index contributed by atoms with van der Waals surface area (Å²) >= 11 is 0. The van der Waals surface area contributed by atoms with Gasteiger partial charge in [0.15, 0.2) is 12.3 Å². The molecule has 1 aliphatic rings. The predicted octanol–water partition coefficient (Wildman–Crippen LogP) is 0.404. The van der Waals surface area contributed by atoms with Gasteiger partial charge in [-0.1, -0.05) is 0 Å². The van der Waals surface area contributed by atoms with Crippen LogP contribution in [0.5, 0.6) is 0 Å². The van der Waals surface area contributed by atoms with E-state index in [1.165, 1.54) is 16.9 Å². The van der Waals surface area contributed by atoms with Gasteiger partial charge in [-0.15, -0.1) is 0 Å². The minimum absolute atomic E-state index is 0.231. The molecule has 0 radical (unpaired) electrons. The molecule has 5 heteroatoms. The largest absolute Gasteiger partial charge is 0.433 e. The first-order valence-corrected chi connectivity index (χ1v) is 4.41. The maximum atomic E-state index is 11.3. The van der Waals surface area contributed by atoms with Crippen LogP contribution in [0, 0.1) is 0 Å². The van der Waals surface area contributed by atoms with Crippen molar-refractivity contribution in [1.82, 2.24) is 4.57 Å². The molecule has 78 valence electrons. The molecule has 1 atom stereocenters. The lowest BCUT2D eigenvalue weighted by atomic mass is 10.3. The number of ether oxygens (including phenoxy) is 1. The number of cyclic esters (lactones) is 1. The van der Waals surface area contributed by atoms with E-state index < -0.39 is 12.0 Å². The van der Waals surface area contributed by atoms with Crippen LogP contribution < -0.4 is 0 Å². The number of nitrogens with zero attached hydrogens (tertiary/aromatic N) is 1. The van der Waals surface area contributed by atoms with E-state index in [2.05, 4.69) is 4.74 Å². The number of esters is 1. The van der Waals surface area contributed by atoms with Gasteiger partial charge in [0.1, 0.15) is 0 Å². The Morgan fingerprint density at radius 3 is 2.87 bits per heavy atom. The first kappa shape index (κ1) is 9.67. The van der Waals surface area contributed by atoms with E-state index in [0.717, 1.165) is 0 Å². The quantitative estimate of drug-likeness (QED) is 0.575. The van der Waals surface area contributed by atoms with Gasteiger partial charge in [-0.3, -0.25) is 4.79 Å². The van der Waals surface area contributed by atoms with E-state index in [0.29, 0.717) is 17.7 Å². The minimum atomic E-state index is -0.651. The van der Waals surface area contributed by atoms with Gasteiger partial charge in [-0.05, 0) is 18.2 Å². The lowest BCUT2D eigenvalue weighted by Gasteiger charge is -2.12. The van der Waals surface area contributed by atoms with Gasteiger partial charge < -0.3 is 14.4 Å². The second-order valence-corrected chi connectivity index (χ2v) is 3.11. The third-order valence-electron chi connectivity index (χ3n) is 2.28. The number of aromatic nitrogens is 1. The first-order chi connectivity index (χ1) is 7.27. The molecular weight excluding hydrogens is 198 g/mol. The molecule has 2 rings (SSSR count). The Kier molecular flexibility index (Phi) is 2.39. The Morgan fingerprint density at radius 2 is 2.33 bits per heavy atom. The fourth-order valence-corrected chi connectivity index (χ4v) is 1.59. The molecule has 5 nitrogen and oxygen atoms in total. The highest BCUT2D eigenvalue weighted by molar-refractivity contribution is 5.82. The molecule has 0 saturated carbocycles. The van der Waals surface area contributed by atoms with Crippen LogP contribution in [0.3, 0.4) is 0 Å². The molecular formula is C10H9NO4. The Balaban J connectivity index is 2.48. The molecule has 0 amide bonds. The highest BCUT2D eigenvalue weighted by atomic mass is 16.5. The zero-order valence-corrected chi connectivity index (χ0v) is 7.79. The van der Waals surface area contributed by atoms with E-state index in [-0.39, 0.29) is 6.61 Å². The summed E-state index contributed by atoms with van der Waals surface area (Å²) in [4.78, 5) is 22.0. The van der Waals surface area contributed by atoms with Crippen LogP contribution in [-0.4, -0.2) is 21.9 Å². The van der Waals surface area contributed by atoms with Crippen LogP contribution in [0.15, 0.2) is 24.5 Å². The Morgan fingerprint density at radius 1 is 1.53 bits per heavy atom. The zero-order valence-electron chi connectivity index (χ0n) is 7.79. The van der Waals surface area contributed by atoms with Gasteiger partial charge in [0, 0.05) is 5.69 Å². The molecule has 1 N–H and O–H groups in total. The molecule has 2 heterocycles. The van der Waals surface area contributed by atoms with Crippen molar-refractivity contribution in [1.29, 1.82) is 0 Å². The van der Waals surface area contributed by atoms with Crippen LogP contribution in [0.1, 0.15) is 22.2 Å². The van der Waals surface area contributed by atoms with Crippen molar-refractivity contribution < 1.29 is 19.4 Å². The summed E-state index contributed by atoms with van der Waals surface area (Å²) in [7, 11) is 0. The van der Waals surface area contributed by atoms with Crippen LogP contribution in [-0.2, 0) is 16.1 Å². The second kappa shape index (κ2) is 3.70. The van der Waals surface area contributed by atoms with Gasteiger partial charge in [0.05, 0.1) is 18.6 Å². The Hall–Kier alpha value is -1.88. The summed E-state index contributed by atoms with van der Waals surface area (Å²) < 4.78 is 6.11. The maximum Gasteiger partial charge on any atom is 0.338 e. The molecule has 1 aromatic rings. The summed E-state index contributed by atoms with van der Waals surface area (Å²) in [6.45, 7) is -0.231. The average molecular weight is 207 g/mol. The van der Waals surface area contributed by atoms with Crippen molar-refractivity contribution in [3.63, 3.8) is 0 Å². The van der Waals surface area contributed by atoms with E-state index in [1.54, 1.807) is 12.1 Å². The highest BCUT2D eigenvalue weighted by Gasteiger charge is 2.26. The number of carbonyl (C=O) groups excluding carboxylic acids is 2. The van der Waals surface area contributed by atoms with Crippen molar-refractivity contribution in [2.45, 2.75) is 12.6 Å². The molecule has 0 bridgehead atoms. The van der Waals surface area contributed by atoms with Crippen LogP contribution in [0.2, 0.25) is 0 Å². The Bertz CT molecular complexity index is 433. The SMILES string of the molecule is O=Cc1ccc(CO)n1C1C=COC1=O. The van der Waals surface area contributed by atoms with Crippen LogP contribution in [0.25, 0.3) is 0 Å². The predicted molar refractivity (Wildman–Crippen MR) is 50.0 cm³/mol. The van der Waals surface area contributed by atoms with Gasteiger partial charge in [-0.2, -0.15) is 0 Å². The summed E-state index contributed by atoms with van der Waals surface area (Å²) in [6.07, 6.45) is 3.45. The molecule has 0 spiro atoms. The van der Waals surface area contributed by atoms with Gasteiger partial charge in [0.2, 0.25) is 0 Å². The van der Waals surface area contributed by atoms with Crippen LogP contribution in [0.4, 0.5) is 0 Å². The standard InChI is InChI=1S/C10H9NO4/c12-5-7-1-2-8(6-13)11(7)9-3-4-15-10(9)14/h1-5,9,13H,6H2. The highest BCUT2D eigenvalue weighted by Crippen LogP contribution is 2.22. The second-order valence-electron chi connectivity index (χ2n) is 3.11. The molecule has 0 fully saturated rings. The van der Waals surface area contributed by atoms with Gasteiger partial charge in [0.25, 0.3) is 0 Å². The monoisotopic (exact) mass is 207 g/mol. The number of hydrogen-bond acceptors (Lipinski definition) is 4. The smallest absolute Gasteiger partial charge is 0.338 e. The normalized spacial score (nSPS) is 19.3. The number of carbonyl (C=O) groups is 2. The van der Waals surface area contributed by atoms with Gasteiger partial charge >= 0.3 is 5.97 Å². The zero-order chi connectivity index (χ0) is 10.8. The fraction of sp³-hybridized carbons (Fsp3) is 0.200. The number of rotatable bonds is 3. The lowest BCUT2D eigenvalue weighted by molar-refractivity contribution is -0.138. The lowest BCUT2D eigenvalue weighted by Crippen LogP contribution is -2.18. The number of aliphatic hydroxyl groups is 1. The van der Waals surface area contributed by atoms with Gasteiger partial charge in [-0.25, -0.2) is 4.79 Å². The number of aliphatic hydroxyl groups excluding tert-OH is 1.